The molecule has 0 radical (unpaired) electrons. The zero-order valence-corrected chi connectivity index (χ0v) is 22.7. The van der Waals surface area contributed by atoms with Crippen LogP contribution in [0.5, 0.6) is 5.88 Å². The number of hydrogen-bond donors (Lipinski definition) is 1. The number of ether oxygens (including phenoxy) is 1. The van der Waals surface area contributed by atoms with E-state index in [9.17, 15) is 27.6 Å². The zero-order chi connectivity index (χ0) is 29.3. The van der Waals surface area contributed by atoms with E-state index in [2.05, 4.69) is 10.3 Å². The van der Waals surface area contributed by atoms with Crippen LogP contribution in [0.4, 0.5) is 24.7 Å². The third kappa shape index (κ3) is 5.85. The molecule has 214 valence electrons. The molecule has 0 spiro atoms. The number of nitrogens with zero attached hydrogens (tertiary/aromatic N) is 3. The maximum atomic E-state index is 14.5. The van der Waals surface area contributed by atoms with Crippen molar-refractivity contribution in [3.8, 4) is 5.88 Å². The van der Waals surface area contributed by atoms with E-state index >= 15 is 0 Å². The number of benzene rings is 2. The molecule has 41 heavy (non-hydrogen) atoms. The van der Waals surface area contributed by atoms with E-state index in [1.807, 2.05) is 0 Å². The Hall–Kier alpha value is -4.12. The lowest BCUT2D eigenvalue weighted by molar-refractivity contribution is -0.133. The Bertz CT molecular complexity index is 1480. The summed E-state index contributed by atoms with van der Waals surface area (Å²) < 4.78 is 46.9. The van der Waals surface area contributed by atoms with Crippen molar-refractivity contribution >= 4 is 40.8 Å². The summed E-state index contributed by atoms with van der Waals surface area (Å²) in [7, 11) is 1.41. The predicted molar refractivity (Wildman–Crippen MR) is 145 cm³/mol. The normalized spacial score (nSPS) is 18.9. The maximum absolute atomic E-state index is 14.5. The number of amides is 3. The SMILES string of the molecule is COc1cccc(N2C(=O)CC[C@H]2C(=O)N(c2cccc(F)c2)[C@H](C(=O)NC2CC(F)(F)C2)c2ccccc2Cl)n1. The summed E-state index contributed by atoms with van der Waals surface area (Å²) in [5.74, 6) is -5.04. The summed E-state index contributed by atoms with van der Waals surface area (Å²) in [6.45, 7) is 0. The van der Waals surface area contributed by atoms with E-state index in [-0.39, 0.29) is 46.7 Å². The molecular formula is C29H26ClF3N4O4. The molecule has 3 amide bonds. The number of anilines is 2. The number of rotatable bonds is 8. The van der Waals surface area contributed by atoms with Gasteiger partial charge in [0.2, 0.25) is 17.7 Å². The molecule has 1 N–H and O–H groups in total. The molecule has 2 aromatic carbocycles. The van der Waals surface area contributed by atoms with Crippen molar-refractivity contribution in [3.05, 3.63) is 83.1 Å². The van der Waals surface area contributed by atoms with Crippen molar-refractivity contribution in [1.82, 2.24) is 10.3 Å². The van der Waals surface area contributed by atoms with Crippen molar-refractivity contribution < 1.29 is 32.3 Å². The largest absolute Gasteiger partial charge is 0.481 e. The Balaban J connectivity index is 1.60. The van der Waals surface area contributed by atoms with Crippen molar-refractivity contribution in [2.45, 2.75) is 49.7 Å². The first-order valence-corrected chi connectivity index (χ1v) is 13.3. The van der Waals surface area contributed by atoms with Crippen LogP contribution in [0.15, 0.2) is 66.7 Å². The molecule has 1 aliphatic heterocycles. The summed E-state index contributed by atoms with van der Waals surface area (Å²) in [6, 6.07) is 12.7. The van der Waals surface area contributed by atoms with Crippen LogP contribution in [-0.4, -0.2) is 47.8 Å². The van der Waals surface area contributed by atoms with E-state index in [0.29, 0.717) is 0 Å². The second-order valence-corrected chi connectivity index (χ2v) is 10.3. The van der Waals surface area contributed by atoms with Crippen molar-refractivity contribution in [2.24, 2.45) is 0 Å². The first-order chi connectivity index (χ1) is 19.6. The molecule has 8 nitrogen and oxygen atoms in total. The Morgan fingerprint density at radius 1 is 1.12 bits per heavy atom. The van der Waals surface area contributed by atoms with E-state index in [0.717, 1.165) is 11.0 Å². The van der Waals surface area contributed by atoms with Crippen molar-refractivity contribution in [1.29, 1.82) is 0 Å². The molecule has 1 saturated heterocycles. The first-order valence-electron chi connectivity index (χ1n) is 12.9. The van der Waals surface area contributed by atoms with Gasteiger partial charge in [0.25, 0.3) is 11.8 Å². The van der Waals surface area contributed by atoms with Crippen LogP contribution in [0.3, 0.4) is 0 Å². The third-order valence-corrected chi connectivity index (χ3v) is 7.47. The number of pyridine rings is 1. The minimum atomic E-state index is -2.90. The summed E-state index contributed by atoms with van der Waals surface area (Å²) in [5.41, 5.74) is 0.220. The van der Waals surface area contributed by atoms with Gasteiger partial charge in [0, 0.05) is 47.6 Å². The van der Waals surface area contributed by atoms with Gasteiger partial charge >= 0.3 is 0 Å². The summed E-state index contributed by atoms with van der Waals surface area (Å²) >= 11 is 6.50. The van der Waals surface area contributed by atoms with Gasteiger partial charge in [-0.15, -0.1) is 0 Å². The fraction of sp³-hybridized carbons (Fsp3) is 0.310. The van der Waals surface area contributed by atoms with Crippen LogP contribution in [0.25, 0.3) is 0 Å². The Kier molecular flexibility index (Phi) is 7.90. The van der Waals surface area contributed by atoms with Crippen LogP contribution in [-0.2, 0) is 14.4 Å². The van der Waals surface area contributed by atoms with Gasteiger partial charge in [-0.3, -0.25) is 24.2 Å². The molecule has 2 fully saturated rings. The van der Waals surface area contributed by atoms with E-state index in [1.54, 1.807) is 30.3 Å². The quantitative estimate of drug-likeness (QED) is 0.398. The molecule has 1 saturated carbocycles. The van der Waals surface area contributed by atoms with Gasteiger partial charge in [0.1, 0.15) is 23.7 Å². The molecule has 1 aliphatic carbocycles. The lowest BCUT2D eigenvalue weighted by Crippen LogP contribution is -2.56. The number of aromatic nitrogens is 1. The van der Waals surface area contributed by atoms with E-state index in [4.69, 9.17) is 16.3 Å². The number of methoxy groups -OCH3 is 1. The Morgan fingerprint density at radius 2 is 1.85 bits per heavy atom. The molecule has 1 aromatic heterocycles. The van der Waals surface area contributed by atoms with Crippen molar-refractivity contribution in [2.75, 3.05) is 16.9 Å². The minimum Gasteiger partial charge on any atom is -0.481 e. The van der Waals surface area contributed by atoms with Crippen LogP contribution in [0.2, 0.25) is 5.02 Å². The van der Waals surface area contributed by atoms with Crippen LogP contribution < -0.4 is 19.9 Å². The predicted octanol–water partition coefficient (Wildman–Crippen LogP) is 5.07. The number of halogens is 4. The average Bonchev–Trinajstić information content (AvgIpc) is 3.32. The highest BCUT2D eigenvalue weighted by atomic mass is 35.5. The smallest absolute Gasteiger partial charge is 0.252 e. The maximum Gasteiger partial charge on any atom is 0.252 e. The molecule has 0 bridgehead atoms. The van der Waals surface area contributed by atoms with Gasteiger partial charge in [0.05, 0.1) is 7.11 Å². The highest BCUT2D eigenvalue weighted by Crippen LogP contribution is 2.40. The number of carbonyl (C=O) groups excluding carboxylic acids is 3. The summed E-state index contributed by atoms with van der Waals surface area (Å²) in [5, 5.41) is 2.73. The fourth-order valence-corrected chi connectivity index (χ4v) is 5.42. The Morgan fingerprint density at radius 3 is 2.54 bits per heavy atom. The zero-order valence-electron chi connectivity index (χ0n) is 21.9. The third-order valence-electron chi connectivity index (χ3n) is 7.13. The lowest BCUT2D eigenvalue weighted by Gasteiger charge is -2.39. The fourth-order valence-electron chi connectivity index (χ4n) is 5.18. The average molecular weight is 587 g/mol. The molecule has 2 heterocycles. The van der Waals surface area contributed by atoms with Crippen LogP contribution in [0, 0.1) is 5.82 Å². The van der Waals surface area contributed by atoms with E-state index in [1.165, 1.54) is 42.3 Å². The highest BCUT2D eigenvalue weighted by Gasteiger charge is 2.48. The second-order valence-electron chi connectivity index (χ2n) is 9.94. The monoisotopic (exact) mass is 586 g/mol. The molecule has 12 heteroatoms. The van der Waals surface area contributed by atoms with Crippen LogP contribution in [0.1, 0.15) is 37.3 Å². The topological polar surface area (TPSA) is 91.8 Å². The van der Waals surface area contributed by atoms with Gasteiger partial charge in [-0.2, -0.15) is 4.98 Å². The number of alkyl halides is 2. The lowest BCUT2D eigenvalue weighted by atomic mass is 9.87. The van der Waals surface area contributed by atoms with E-state index < -0.39 is 54.5 Å². The number of nitrogens with one attached hydrogen (secondary N) is 1. The molecule has 5 rings (SSSR count). The summed E-state index contributed by atoms with van der Waals surface area (Å²) in [6.07, 6.45) is -0.983. The molecule has 0 unspecified atom stereocenters. The van der Waals surface area contributed by atoms with Gasteiger partial charge in [0.15, 0.2) is 0 Å². The Labute approximate surface area is 239 Å². The van der Waals surface area contributed by atoms with Crippen LogP contribution >= 0.6 is 11.6 Å². The first kappa shape index (κ1) is 28.4. The molecule has 3 aromatic rings. The van der Waals surface area contributed by atoms with Crippen molar-refractivity contribution in [3.63, 3.8) is 0 Å². The van der Waals surface area contributed by atoms with Gasteiger partial charge < -0.3 is 10.1 Å². The number of carbonyl (C=O) groups is 3. The number of hydrogen-bond acceptors (Lipinski definition) is 5. The molecular weight excluding hydrogens is 561 g/mol. The molecule has 2 atom stereocenters. The standard InChI is InChI=1S/C29H26ClF3N4O4/c1-41-24-11-5-10-23(35-24)37-22(12-13-25(37)38)28(40)36(19-7-4-6-17(31)14-19)26(20-8-2-3-9-21(20)30)27(39)34-18-15-29(32,33)16-18/h2-11,14,18,22,26H,12-13,15-16H2,1H3,(H,34,39)/t22-,26-/m0/s1. The van der Waals surface area contributed by atoms with Gasteiger partial charge in [-0.05, 0) is 36.8 Å². The summed E-state index contributed by atoms with van der Waals surface area (Å²) in [4.78, 5) is 47.9. The van der Waals surface area contributed by atoms with Gasteiger partial charge in [-0.1, -0.05) is 41.9 Å². The minimum absolute atomic E-state index is 0.0202. The molecule has 2 aliphatic rings. The second kappa shape index (κ2) is 11.4. The highest BCUT2D eigenvalue weighted by molar-refractivity contribution is 6.31. The van der Waals surface area contributed by atoms with Gasteiger partial charge in [-0.25, -0.2) is 13.2 Å².